The van der Waals surface area contributed by atoms with Crippen LogP contribution in [0, 0.1) is 0 Å². The number of nitrogens with one attached hydrogen (secondary N) is 1. The Kier molecular flexibility index (Phi) is 5.36. The minimum Gasteiger partial charge on any atom is -0.379 e. The SMILES string of the molecule is CC(C)NC(N)=NCC1(N2CCOCC2)CCSC1. The van der Waals surface area contributed by atoms with Crippen molar-refractivity contribution in [3.8, 4) is 0 Å². The van der Waals surface area contributed by atoms with Gasteiger partial charge in [0.1, 0.15) is 0 Å². The first kappa shape index (κ1) is 14.9. The largest absolute Gasteiger partial charge is 0.379 e. The van der Waals surface area contributed by atoms with Crippen molar-refractivity contribution in [1.82, 2.24) is 10.2 Å². The van der Waals surface area contributed by atoms with E-state index in [1.165, 1.54) is 12.2 Å². The maximum Gasteiger partial charge on any atom is 0.188 e. The van der Waals surface area contributed by atoms with Crippen molar-refractivity contribution in [1.29, 1.82) is 0 Å². The second-order valence-electron chi connectivity index (χ2n) is 5.63. The van der Waals surface area contributed by atoms with Crippen LogP contribution in [0.4, 0.5) is 0 Å². The Balaban J connectivity index is 1.98. The van der Waals surface area contributed by atoms with Gasteiger partial charge in [0.15, 0.2) is 5.96 Å². The number of nitrogens with two attached hydrogens (primary N) is 1. The van der Waals surface area contributed by atoms with E-state index < -0.39 is 0 Å². The molecule has 3 N–H and O–H groups in total. The lowest BCUT2D eigenvalue weighted by atomic mass is 9.96. The Morgan fingerprint density at radius 2 is 2.21 bits per heavy atom. The number of hydrogen-bond acceptors (Lipinski definition) is 4. The van der Waals surface area contributed by atoms with Crippen LogP contribution in [-0.2, 0) is 4.74 Å². The van der Waals surface area contributed by atoms with Gasteiger partial charge in [0, 0.05) is 24.9 Å². The molecule has 1 unspecified atom stereocenters. The molecule has 6 heteroatoms. The first-order chi connectivity index (χ1) is 9.12. The van der Waals surface area contributed by atoms with Crippen LogP contribution in [-0.4, -0.2) is 66.8 Å². The lowest BCUT2D eigenvalue weighted by molar-refractivity contribution is -0.0104. The minimum atomic E-state index is 0.192. The van der Waals surface area contributed by atoms with E-state index in [4.69, 9.17) is 10.5 Å². The number of nitrogens with zero attached hydrogens (tertiary/aromatic N) is 2. The molecule has 0 amide bonds. The molecule has 19 heavy (non-hydrogen) atoms. The van der Waals surface area contributed by atoms with Crippen LogP contribution < -0.4 is 11.1 Å². The van der Waals surface area contributed by atoms with Gasteiger partial charge >= 0.3 is 0 Å². The number of guanidine groups is 1. The fourth-order valence-corrected chi connectivity index (χ4v) is 4.15. The van der Waals surface area contributed by atoms with E-state index in [9.17, 15) is 0 Å². The maximum atomic E-state index is 5.93. The molecule has 0 radical (unpaired) electrons. The fraction of sp³-hybridized carbons (Fsp3) is 0.923. The van der Waals surface area contributed by atoms with E-state index in [1.54, 1.807) is 0 Å². The van der Waals surface area contributed by atoms with Crippen LogP contribution in [0.5, 0.6) is 0 Å². The van der Waals surface area contributed by atoms with Gasteiger partial charge in [0.05, 0.1) is 25.3 Å². The zero-order chi connectivity index (χ0) is 13.7. The van der Waals surface area contributed by atoms with Crippen molar-refractivity contribution >= 4 is 17.7 Å². The molecule has 2 aliphatic heterocycles. The highest BCUT2D eigenvalue weighted by Gasteiger charge is 2.40. The van der Waals surface area contributed by atoms with Crippen molar-refractivity contribution in [2.45, 2.75) is 31.8 Å². The highest BCUT2D eigenvalue weighted by Crippen LogP contribution is 2.34. The van der Waals surface area contributed by atoms with Crippen LogP contribution in [0.3, 0.4) is 0 Å². The van der Waals surface area contributed by atoms with E-state index in [-0.39, 0.29) is 5.54 Å². The van der Waals surface area contributed by atoms with Gasteiger partial charge in [-0.25, -0.2) is 0 Å². The van der Waals surface area contributed by atoms with Crippen molar-refractivity contribution in [3.05, 3.63) is 0 Å². The van der Waals surface area contributed by atoms with E-state index >= 15 is 0 Å². The average Bonchev–Trinajstić information content (AvgIpc) is 2.87. The molecule has 0 aromatic rings. The van der Waals surface area contributed by atoms with Gasteiger partial charge in [-0.15, -0.1) is 0 Å². The molecule has 0 saturated carbocycles. The number of rotatable bonds is 4. The molecule has 5 nitrogen and oxygen atoms in total. The standard InChI is InChI=1S/C13H26N4OS/c1-11(2)16-12(14)15-9-13(3-8-19-10-13)17-4-6-18-7-5-17/h11H,3-10H2,1-2H3,(H3,14,15,16). The maximum absolute atomic E-state index is 5.93. The summed E-state index contributed by atoms with van der Waals surface area (Å²) in [5.74, 6) is 2.95. The second kappa shape index (κ2) is 6.81. The van der Waals surface area contributed by atoms with Crippen molar-refractivity contribution in [2.75, 3.05) is 44.4 Å². The lowest BCUT2D eigenvalue weighted by Crippen LogP contribution is -2.56. The number of thioether (sulfide) groups is 1. The van der Waals surface area contributed by atoms with Crippen molar-refractivity contribution in [2.24, 2.45) is 10.7 Å². The summed E-state index contributed by atoms with van der Waals surface area (Å²) in [6.07, 6.45) is 1.20. The molecule has 2 rings (SSSR count). The Hall–Kier alpha value is -0.460. The molecule has 2 fully saturated rings. The van der Waals surface area contributed by atoms with Crippen LogP contribution in [0.2, 0.25) is 0 Å². The molecule has 0 bridgehead atoms. The Bertz CT molecular complexity index is 310. The third kappa shape index (κ3) is 4.00. The second-order valence-corrected chi connectivity index (χ2v) is 6.73. The Morgan fingerprint density at radius 3 is 2.79 bits per heavy atom. The molecular formula is C13H26N4OS. The van der Waals surface area contributed by atoms with Crippen LogP contribution >= 0.6 is 11.8 Å². The first-order valence-corrected chi connectivity index (χ1v) is 8.25. The molecule has 2 saturated heterocycles. The van der Waals surface area contributed by atoms with E-state index in [0.29, 0.717) is 12.0 Å². The summed E-state index contributed by atoms with van der Waals surface area (Å²) in [5.41, 5.74) is 6.12. The third-order valence-corrected chi connectivity index (χ3v) is 4.98. The molecule has 2 aliphatic rings. The van der Waals surface area contributed by atoms with Gasteiger partial charge in [-0.05, 0) is 26.0 Å². The van der Waals surface area contributed by atoms with Crippen LogP contribution in [0.1, 0.15) is 20.3 Å². The van der Waals surface area contributed by atoms with E-state index in [1.807, 2.05) is 11.8 Å². The summed E-state index contributed by atoms with van der Waals surface area (Å²) >= 11 is 2.03. The Labute approximate surface area is 120 Å². The topological polar surface area (TPSA) is 62.9 Å². The van der Waals surface area contributed by atoms with Crippen LogP contribution in [0.15, 0.2) is 4.99 Å². The monoisotopic (exact) mass is 286 g/mol. The predicted molar refractivity (Wildman–Crippen MR) is 81.8 cm³/mol. The van der Waals surface area contributed by atoms with Gasteiger partial charge in [-0.1, -0.05) is 0 Å². The predicted octanol–water partition coefficient (Wildman–Crippen LogP) is 0.507. The van der Waals surface area contributed by atoms with Gasteiger partial charge in [0.2, 0.25) is 0 Å². The summed E-state index contributed by atoms with van der Waals surface area (Å²) < 4.78 is 5.46. The van der Waals surface area contributed by atoms with Gasteiger partial charge in [-0.2, -0.15) is 11.8 Å². The quantitative estimate of drug-likeness (QED) is 0.582. The zero-order valence-electron chi connectivity index (χ0n) is 12.0. The lowest BCUT2D eigenvalue weighted by Gasteiger charge is -2.42. The molecule has 0 aromatic heterocycles. The number of aliphatic imine (C=N–C) groups is 1. The van der Waals surface area contributed by atoms with E-state index in [0.717, 1.165) is 38.6 Å². The smallest absolute Gasteiger partial charge is 0.188 e. The summed E-state index contributed by atoms with van der Waals surface area (Å²) in [5, 5.41) is 3.16. The molecule has 1 atom stereocenters. The molecule has 0 spiro atoms. The summed E-state index contributed by atoms with van der Waals surface area (Å²) in [4.78, 5) is 7.14. The molecule has 0 aliphatic carbocycles. The average molecular weight is 286 g/mol. The summed E-state index contributed by atoms with van der Waals surface area (Å²) in [7, 11) is 0. The number of ether oxygens (including phenoxy) is 1. The number of morpholine rings is 1. The third-order valence-electron chi connectivity index (χ3n) is 3.74. The van der Waals surface area contributed by atoms with Crippen LogP contribution in [0.25, 0.3) is 0 Å². The normalized spacial score (nSPS) is 29.9. The molecule has 2 heterocycles. The zero-order valence-corrected chi connectivity index (χ0v) is 12.8. The molecular weight excluding hydrogens is 260 g/mol. The van der Waals surface area contributed by atoms with Gasteiger partial charge in [0.25, 0.3) is 0 Å². The highest BCUT2D eigenvalue weighted by molar-refractivity contribution is 7.99. The van der Waals surface area contributed by atoms with Crippen molar-refractivity contribution in [3.63, 3.8) is 0 Å². The summed E-state index contributed by atoms with van der Waals surface area (Å²) in [6, 6.07) is 0.334. The fourth-order valence-electron chi connectivity index (χ4n) is 2.68. The number of hydrogen-bond donors (Lipinski definition) is 2. The van der Waals surface area contributed by atoms with E-state index in [2.05, 4.69) is 29.1 Å². The first-order valence-electron chi connectivity index (χ1n) is 7.09. The highest BCUT2D eigenvalue weighted by atomic mass is 32.2. The van der Waals surface area contributed by atoms with Gasteiger partial charge < -0.3 is 15.8 Å². The van der Waals surface area contributed by atoms with Gasteiger partial charge in [-0.3, -0.25) is 9.89 Å². The molecule has 110 valence electrons. The van der Waals surface area contributed by atoms with Crippen molar-refractivity contribution < 1.29 is 4.74 Å². The summed E-state index contributed by atoms with van der Waals surface area (Å²) in [6.45, 7) is 8.68. The molecule has 0 aromatic carbocycles. The minimum absolute atomic E-state index is 0.192. The Morgan fingerprint density at radius 1 is 1.47 bits per heavy atom.